The fraction of sp³-hybridized carbons (Fsp3) is 0.235. The van der Waals surface area contributed by atoms with Gasteiger partial charge in [0.1, 0.15) is 11.9 Å². The summed E-state index contributed by atoms with van der Waals surface area (Å²) in [5, 5.41) is 20.4. The van der Waals surface area contributed by atoms with Crippen LogP contribution in [0.25, 0.3) is 0 Å². The van der Waals surface area contributed by atoms with Crippen molar-refractivity contribution < 1.29 is 24.0 Å². The Bertz CT molecular complexity index is 826. The number of rotatable bonds is 3. The third-order valence-corrected chi connectivity index (χ3v) is 4.02. The molecule has 2 aromatic rings. The van der Waals surface area contributed by atoms with Gasteiger partial charge in [-0.05, 0) is 18.2 Å². The zero-order valence-corrected chi connectivity index (χ0v) is 13.1. The maximum Gasteiger partial charge on any atom is 0.311 e. The number of benzene rings is 2. The monoisotopic (exact) mass is 346 g/mol. The number of ether oxygens (including phenoxy) is 1. The molecule has 1 saturated heterocycles. The lowest BCUT2D eigenvalue weighted by Gasteiger charge is -2.33. The van der Waals surface area contributed by atoms with E-state index < -0.39 is 34.2 Å². The third kappa shape index (κ3) is 3.43. The molecule has 7 nitrogen and oxygen atoms in total. The Labute approximate surface area is 142 Å². The number of nitro benzene ring substituents is 1. The molecule has 1 amide bonds. The van der Waals surface area contributed by atoms with Crippen LogP contribution in [0.15, 0.2) is 42.5 Å². The molecular formula is C17H15FN2O5. The zero-order chi connectivity index (χ0) is 18.0. The van der Waals surface area contributed by atoms with E-state index in [1.54, 1.807) is 18.2 Å². The second kappa shape index (κ2) is 6.86. The molecule has 0 unspecified atom stereocenters. The molecule has 8 heteroatoms. The second-order valence-electron chi connectivity index (χ2n) is 5.59. The van der Waals surface area contributed by atoms with Gasteiger partial charge >= 0.3 is 5.69 Å². The average Bonchev–Trinajstić information content (AvgIpc) is 2.62. The van der Waals surface area contributed by atoms with Gasteiger partial charge in [0.05, 0.1) is 18.1 Å². The first-order chi connectivity index (χ1) is 12.0. The summed E-state index contributed by atoms with van der Waals surface area (Å²) in [6.45, 7) is 0.651. The topological polar surface area (TPSA) is 92.9 Å². The van der Waals surface area contributed by atoms with Crippen LogP contribution in [0.2, 0.25) is 0 Å². The van der Waals surface area contributed by atoms with Crippen LogP contribution >= 0.6 is 0 Å². The molecule has 3 rings (SSSR count). The maximum absolute atomic E-state index is 13.9. The van der Waals surface area contributed by atoms with Gasteiger partial charge in [0.15, 0.2) is 5.75 Å². The fourth-order valence-corrected chi connectivity index (χ4v) is 2.74. The number of nitrogens with zero attached hydrogens (tertiary/aromatic N) is 2. The summed E-state index contributed by atoms with van der Waals surface area (Å²) >= 11 is 0. The number of carbonyl (C=O) groups is 1. The Morgan fingerprint density at radius 3 is 2.80 bits per heavy atom. The fourth-order valence-electron chi connectivity index (χ4n) is 2.74. The number of aromatic hydroxyl groups is 1. The van der Waals surface area contributed by atoms with Crippen molar-refractivity contribution in [1.29, 1.82) is 0 Å². The van der Waals surface area contributed by atoms with Crippen LogP contribution in [-0.4, -0.2) is 40.5 Å². The number of phenols is 1. The molecule has 0 aliphatic carbocycles. The van der Waals surface area contributed by atoms with E-state index in [-0.39, 0.29) is 18.7 Å². The van der Waals surface area contributed by atoms with E-state index in [1.165, 1.54) is 17.0 Å². The summed E-state index contributed by atoms with van der Waals surface area (Å²) in [5.74, 6) is -1.36. The summed E-state index contributed by atoms with van der Waals surface area (Å²) in [7, 11) is 0. The molecule has 25 heavy (non-hydrogen) atoms. The minimum Gasteiger partial charge on any atom is -0.502 e. The summed E-state index contributed by atoms with van der Waals surface area (Å²) in [5.41, 5.74) is -0.0971. The minimum absolute atomic E-state index is 0.0821. The lowest BCUT2D eigenvalue weighted by molar-refractivity contribution is -0.385. The number of phenolic OH excluding ortho intramolecular Hbond substituents is 1. The van der Waals surface area contributed by atoms with E-state index in [0.717, 1.165) is 12.1 Å². The first-order valence-corrected chi connectivity index (χ1v) is 7.60. The van der Waals surface area contributed by atoms with E-state index in [2.05, 4.69) is 0 Å². The van der Waals surface area contributed by atoms with Crippen LogP contribution in [0.1, 0.15) is 22.0 Å². The van der Waals surface area contributed by atoms with Gasteiger partial charge in [-0.15, -0.1) is 0 Å². The van der Waals surface area contributed by atoms with Crippen molar-refractivity contribution in [1.82, 2.24) is 4.90 Å². The van der Waals surface area contributed by atoms with Crippen LogP contribution in [0.4, 0.5) is 10.1 Å². The summed E-state index contributed by atoms with van der Waals surface area (Å²) in [6.07, 6.45) is -0.606. The molecule has 1 heterocycles. The quantitative estimate of drug-likeness (QED) is 0.681. The molecule has 0 radical (unpaired) electrons. The van der Waals surface area contributed by atoms with E-state index in [1.807, 2.05) is 0 Å². The summed E-state index contributed by atoms with van der Waals surface area (Å²) in [4.78, 5) is 24.2. The van der Waals surface area contributed by atoms with Crippen molar-refractivity contribution in [2.24, 2.45) is 0 Å². The Hall–Kier alpha value is -3.00. The van der Waals surface area contributed by atoms with Crippen LogP contribution in [0, 0.1) is 15.9 Å². The lowest BCUT2D eigenvalue weighted by atomic mass is 10.1. The lowest BCUT2D eigenvalue weighted by Crippen LogP contribution is -2.42. The molecule has 0 spiro atoms. The molecule has 130 valence electrons. The van der Waals surface area contributed by atoms with Crippen molar-refractivity contribution >= 4 is 11.6 Å². The first kappa shape index (κ1) is 16.8. The van der Waals surface area contributed by atoms with Crippen molar-refractivity contribution in [3.8, 4) is 5.75 Å². The number of halogens is 1. The SMILES string of the molecule is O=C(c1ccc(O)c([N+](=O)[O-])c1)N1CCO[C@H](c2ccccc2F)C1. The van der Waals surface area contributed by atoms with Gasteiger partial charge in [-0.2, -0.15) is 0 Å². The van der Waals surface area contributed by atoms with Gasteiger partial charge in [0.2, 0.25) is 0 Å². The molecule has 1 aliphatic heterocycles. The summed E-state index contributed by atoms with van der Waals surface area (Å²) < 4.78 is 19.5. The highest BCUT2D eigenvalue weighted by Gasteiger charge is 2.28. The highest BCUT2D eigenvalue weighted by molar-refractivity contribution is 5.95. The number of amides is 1. The number of hydrogen-bond donors (Lipinski definition) is 1. The molecular weight excluding hydrogens is 331 g/mol. The van der Waals surface area contributed by atoms with Crippen molar-refractivity contribution in [2.45, 2.75) is 6.10 Å². The zero-order valence-electron chi connectivity index (χ0n) is 13.1. The Balaban J connectivity index is 1.82. The predicted octanol–water partition coefficient (Wildman–Crippen LogP) is 2.65. The van der Waals surface area contributed by atoms with E-state index >= 15 is 0 Å². The number of hydrogen-bond acceptors (Lipinski definition) is 5. The minimum atomic E-state index is -0.756. The highest BCUT2D eigenvalue weighted by Crippen LogP contribution is 2.29. The first-order valence-electron chi connectivity index (χ1n) is 7.60. The maximum atomic E-state index is 13.9. The Morgan fingerprint density at radius 2 is 2.08 bits per heavy atom. The largest absolute Gasteiger partial charge is 0.502 e. The third-order valence-electron chi connectivity index (χ3n) is 4.02. The summed E-state index contributed by atoms with van der Waals surface area (Å²) in [6, 6.07) is 9.64. The van der Waals surface area contributed by atoms with Gasteiger partial charge in [-0.3, -0.25) is 14.9 Å². The standard InChI is InChI=1S/C17H15FN2O5/c18-13-4-2-1-3-12(13)16-10-19(7-8-25-16)17(22)11-5-6-15(21)14(9-11)20(23)24/h1-6,9,16,21H,7-8,10H2/t16-/m0/s1. The highest BCUT2D eigenvalue weighted by atomic mass is 19.1. The molecule has 1 N–H and O–H groups in total. The second-order valence-corrected chi connectivity index (χ2v) is 5.59. The molecule has 0 bridgehead atoms. The van der Waals surface area contributed by atoms with Gasteiger partial charge in [-0.25, -0.2) is 4.39 Å². The van der Waals surface area contributed by atoms with Crippen molar-refractivity contribution in [2.75, 3.05) is 19.7 Å². The van der Waals surface area contributed by atoms with Crippen LogP contribution in [0.3, 0.4) is 0 Å². The van der Waals surface area contributed by atoms with Gasteiger partial charge in [0.25, 0.3) is 5.91 Å². The predicted molar refractivity (Wildman–Crippen MR) is 85.8 cm³/mol. The average molecular weight is 346 g/mol. The number of nitro groups is 1. The molecule has 1 aliphatic rings. The Morgan fingerprint density at radius 1 is 1.32 bits per heavy atom. The van der Waals surface area contributed by atoms with Gasteiger partial charge in [0, 0.05) is 23.7 Å². The van der Waals surface area contributed by atoms with E-state index in [4.69, 9.17) is 4.74 Å². The van der Waals surface area contributed by atoms with Crippen LogP contribution in [-0.2, 0) is 4.74 Å². The molecule has 0 aromatic heterocycles. The Kier molecular flexibility index (Phi) is 4.62. The number of morpholine rings is 1. The molecule has 1 fully saturated rings. The van der Waals surface area contributed by atoms with Gasteiger partial charge in [-0.1, -0.05) is 18.2 Å². The number of carbonyl (C=O) groups excluding carboxylic acids is 1. The van der Waals surface area contributed by atoms with Crippen molar-refractivity contribution in [3.05, 3.63) is 69.5 Å². The normalized spacial score (nSPS) is 17.3. The van der Waals surface area contributed by atoms with E-state index in [9.17, 15) is 24.4 Å². The molecule has 2 aromatic carbocycles. The van der Waals surface area contributed by atoms with Gasteiger partial charge < -0.3 is 14.7 Å². The molecule has 0 saturated carbocycles. The van der Waals surface area contributed by atoms with E-state index in [0.29, 0.717) is 12.1 Å². The smallest absolute Gasteiger partial charge is 0.311 e. The van der Waals surface area contributed by atoms with Crippen molar-refractivity contribution in [3.63, 3.8) is 0 Å². The van der Waals surface area contributed by atoms with Crippen LogP contribution in [0.5, 0.6) is 5.75 Å². The molecule has 1 atom stereocenters. The van der Waals surface area contributed by atoms with Crippen LogP contribution < -0.4 is 0 Å².